The Kier molecular flexibility index (Phi) is 6.17. The highest BCUT2D eigenvalue weighted by Crippen LogP contribution is 2.13. The van der Waals surface area contributed by atoms with Crippen LogP contribution in [0.4, 0.5) is 5.69 Å². The molecule has 0 atom stereocenters. The van der Waals surface area contributed by atoms with E-state index in [0.717, 1.165) is 12.0 Å². The molecule has 25 heavy (non-hydrogen) atoms. The zero-order valence-electron chi connectivity index (χ0n) is 13.7. The highest BCUT2D eigenvalue weighted by atomic mass is 16.6. The number of hydrogen-bond acceptors (Lipinski definition) is 5. The number of nitro groups is 1. The van der Waals surface area contributed by atoms with Crippen LogP contribution in [0, 0.1) is 10.1 Å². The molecule has 0 aliphatic carbocycles. The molecule has 0 amide bonds. The predicted octanol–water partition coefficient (Wildman–Crippen LogP) is 3.60. The summed E-state index contributed by atoms with van der Waals surface area (Å²) < 4.78 is 4.91. The molecule has 0 unspecified atom stereocenters. The van der Waals surface area contributed by atoms with Gasteiger partial charge in [-0.15, -0.1) is 0 Å². The fraction of sp³-hybridized carbons (Fsp3) is 0.158. The van der Waals surface area contributed by atoms with E-state index in [1.165, 1.54) is 36.4 Å². The van der Waals surface area contributed by atoms with Crippen molar-refractivity contribution in [2.45, 2.75) is 13.3 Å². The lowest BCUT2D eigenvalue weighted by atomic mass is 10.1. The first-order valence-corrected chi connectivity index (χ1v) is 7.71. The lowest BCUT2D eigenvalue weighted by molar-refractivity contribution is -0.384. The van der Waals surface area contributed by atoms with E-state index in [2.05, 4.69) is 0 Å². The fourth-order valence-corrected chi connectivity index (χ4v) is 2.07. The van der Waals surface area contributed by atoms with Crippen molar-refractivity contribution in [2.75, 3.05) is 6.61 Å². The predicted molar refractivity (Wildman–Crippen MR) is 93.2 cm³/mol. The van der Waals surface area contributed by atoms with Crippen LogP contribution in [0.2, 0.25) is 0 Å². The molecular weight excluding hydrogens is 322 g/mol. The highest BCUT2D eigenvalue weighted by Gasteiger charge is 2.08. The maximum atomic E-state index is 12.0. The van der Waals surface area contributed by atoms with Crippen molar-refractivity contribution in [1.82, 2.24) is 0 Å². The summed E-state index contributed by atoms with van der Waals surface area (Å²) in [6.45, 7) is 1.69. The van der Waals surface area contributed by atoms with Crippen LogP contribution in [0.25, 0.3) is 6.08 Å². The summed E-state index contributed by atoms with van der Waals surface area (Å²) in [7, 11) is 0. The second kappa shape index (κ2) is 8.54. The smallest absolute Gasteiger partial charge is 0.331 e. The van der Waals surface area contributed by atoms with E-state index in [1.807, 2.05) is 19.1 Å². The van der Waals surface area contributed by atoms with Crippen LogP contribution in [0.5, 0.6) is 0 Å². The zero-order valence-corrected chi connectivity index (χ0v) is 13.7. The third-order valence-electron chi connectivity index (χ3n) is 3.55. The number of ketones is 1. The van der Waals surface area contributed by atoms with Gasteiger partial charge in [0.15, 0.2) is 12.4 Å². The monoisotopic (exact) mass is 339 g/mol. The number of carbonyl (C=O) groups excluding carboxylic acids is 2. The third-order valence-corrected chi connectivity index (χ3v) is 3.55. The second-order valence-corrected chi connectivity index (χ2v) is 5.26. The van der Waals surface area contributed by atoms with Gasteiger partial charge in [-0.1, -0.05) is 31.2 Å². The molecule has 2 rings (SSSR count). The van der Waals surface area contributed by atoms with Gasteiger partial charge in [0.1, 0.15) is 0 Å². The molecule has 0 saturated heterocycles. The van der Waals surface area contributed by atoms with Crippen LogP contribution in [0.15, 0.2) is 54.6 Å². The summed E-state index contributed by atoms with van der Waals surface area (Å²) in [5, 5.41) is 10.6. The summed E-state index contributed by atoms with van der Waals surface area (Å²) in [5.41, 5.74) is 2.20. The number of Topliss-reactive ketones (excluding diaryl/α,β-unsaturated/α-hetero) is 1. The number of esters is 1. The van der Waals surface area contributed by atoms with Gasteiger partial charge in [-0.05, 0) is 35.8 Å². The van der Waals surface area contributed by atoms with Crippen LogP contribution in [0.3, 0.4) is 0 Å². The average Bonchev–Trinajstić information content (AvgIpc) is 2.64. The van der Waals surface area contributed by atoms with E-state index in [4.69, 9.17) is 4.74 Å². The van der Waals surface area contributed by atoms with E-state index >= 15 is 0 Å². The van der Waals surface area contributed by atoms with Crippen LogP contribution in [0.1, 0.15) is 28.4 Å². The summed E-state index contributed by atoms with van der Waals surface area (Å²) in [4.78, 5) is 33.7. The Hall–Kier alpha value is -3.28. The Bertz CT molecular complexity index is 792. The van der Waals surface area contributed by atoms with Crippen LogP contribution in [-0.4, -0.2) is 23.3 Å². The van der Waals surface area contributed by atoms with Crippen LogP contribution < -0.4 is 0 Å². The number of aryl methyl sites for hydroxylation is 1. The quantitative estimate of drug-likeness (QED) is 0.253. The van der Waals surface area contributed by atoms with Gasteiger partial charge in [0.25, 0.3) is 5.69 Å². The molecular formula is C19H17NO5. The van der Waals surface area contributed by atoms with Crippen molar-refractivity contribution < 1.29 is 19.2 Å². The van der Waals surface area contributed by atoms with Crippen molar-refractivity contribution in [2.24, 2.45) is 0 Å². The maximum absolute atomic E-state index is 12.0. The maximum Gasteiger partial charge on any atom is 0.331 e. The minimum absolute atomic E-state index is 0.0283. The Morgan fingerprint density at radius 2 is 1.72 bits per heavy atom. The number of rotatable bonds is 7. The molecule has 2 aromatic rings. The number of carbonyl (C=O) groups is 2. The second-order valence-electron chi connectivity index (χ2n) is 5.26. The summed E-state index contributed by atoms with van der Waals surface area (Å²) >= 11 is 0. The molecule has 2 aromatic carbocycles. The zero-order chi connectivity index (χ0) is 18.2. The lowest BCUT2D eigenvalue weighted by Gasteiger charge is -2.03. The van der Waals surface area contributed by atoms with Gasteiger partial charge in [-0.3, -0.25) is 14.9 Å². The number of benzene rings is 2. The van der Waals surface area contributed by atoms with Crippen LogP contribution >= 0.6 is 0 Å². The number of ether oxygens (including phenoxy) is 1. The molecule has 0 aliphatic heterocycles. The Balaban J connectivity index is 1.86. The SMILES string of the molecule is CCc1ccc(C(=O)COC(=O)/C=C/c2ccc([N+](=O)[O-])cc2)cc1. The summed E-state index contributed by atoms with van der Waals surface area (Å²) in [6, 6.07) is 12.9. The highest BCUT2D eigenvalue weighted by molar-refractivity contribution is 5.98. The first-order chi connectivity index (χ1) is 12.0. The van der Waals surface area contributed by atoms with Gasteiger partial charge < -0.3 is 4.74 Å². The normalized spacial score (nSPS) is 10.6. The van der Waals surface area contributed by atoms with Crippen molar-refractivity contribution in [3.63, 3.8) is 0 Å². The molecule has 128 valence electrons. The number of nitro benzene ring substituents is 1. The molecule has 0 spiro atoms. The molecule has 0 radical (unpaired) electrons. The summed E-state index contributed by atoms with van der Waals surface area (Å²) in [5.74, 6) is -0.934. The largest absolute Gasteiger partial charge is 0.454 e. The van der Waals surface area contributed by atoms with Gasteiger partial charge in [0, 0.05) is 23.8 Å². The number of nitrogens with zero attached hydrogens (tertiary/aromatic N) is 1. The van der Waals surface area contributed by atoms with Gasteiger partial charge in [-0.25, -0.2) is 4.79 Å². The molecule has 0 aromatic heterocycles. The van der Waals surface area contributed by atoms with Crippen molar-refractivity contribution in [1.29, 1.82) is 0 Å². The first-order valence-electron chi connectivity index (χ1n) is 7.71. The first kappa shape index (κ1) is 18.1. The molecule has 0 aliphatic rings. The van der Waals surface area contributed by atoms with E-state index in [-0.39, 0.29) is 18.1 Å². The molecule has 0 N–H and O–H groups in total. The molecule has 6 nitrogen and oxygen atoms in total. The minimum Gasteiger partial charge on any atom is -0.454 e. The van der Waals surface area contributed by atoms with Gasteiger partial charge in [0.2, 0.25) is 0 Å². The standard InChI is InChI=1S/C19H17NO5/c1-2-14-3-8-16(9-4-14)18(21)13-25-19(22)12-7-15-5-10-17(11-6-15)20(23)24/h3-12H,2,13H2,1H3/b12-7+. The third kappa shape index (κ3) is 5.39. The molecule has 6 heteroatoms. The molecule has 0 saturated carbocycles. The van der Waals surface area contributed by atoms with Crippen molar-refractivity contribution >= 4 is 23.5 Å². The van der Waals surface area contributed by atoms with E-state index in [0.29, 0.717) is 11.1 Å². The van der Waals surface area contributed by atoms with Gasteiger partial charge >= 0.3 is 5.97 Å². The number of non-ortho nitro benzene ring substituents is 1. The summed E-state index contributed by atoms with van der Waals surface area (Å²) in [6.07, 6.45) is 3.53. The van der Waals surface area contributed by atoms with E-state index in [9.17, 15) is 19.7 Å². The van der Waals surface area contributed by atoms with E-state index < -0.39 is 10.9 Å². The lowest BCUT2D eigenvalue weighted by Crippen LogP contribution is -2.12. The molecule has 0 fully saturated rings. The van der Waals surface area contributed by atoms with Crippen molar-refractivity contribution in [3.05, 3.63) is 81.4 Å². The topological polar surface area (TPSA) is 86.5 Å². The minimum atomic E-state index is -0.656. The Morgan fingerprint density at radius 1 is 1.08 bits per heavy atom. The van der Waals surface area contributed by atoms with Crippen molar-refractivity contribution in [3.8, 4) is 0 Å². The molecule has 0 bridgehead atoms. The fourth-order valence-electron chi connectivity index (χ4n) is 2.07. The van der Waals surface area contributed by atoms with Gasteiger partial charge in [0.05, 0.1) is 4.92 Å². The Morgan fingerprint density at radius 3 is 2.28 bits per heavy atom. The average molecular weight is 339 g/mol. The van der Waals surface area contributed by atoms with Gasteiger partial charge in [-0.2, -0.15) is 0 Å². The molecule has 0 heterocycles. The van der Waals surface area contributed by atoms with Crippen LogP contribution in [-0.2, 0) is 16.0 Å². The van der Waals surface area contributed by atoms with E-state index in [1.54, 1.807) is 12.1 Å². The number of hydrogen-bond donors (Lipinski definition) is 0. The Labute approximate surface area is 144 Å².